The molecule has 0 bridgehead atoms. The second-order valence-corrected chi connectivity index (χ2v) is 6.82. The van der Waals surface area contributed by atoms with Gasteiger partial charge in [0.15, 0.2) is 0 Å². The number of fused-ring (bicyclic) bond motifs is 1. The summed E-state index contributed by atoms with van der Waals surface area (Å²) >= 11 is 0. The van der Waals surface area contributed by atoms with E-state index in [1.54, 1.807) is 17.8 Å². The molecule has 25 heavy (non-hydrogen) atoms. The Bertz CT molecular complexity index is 1030. The van der Waals surface area contributed by atoms with Crippen LogP contribution in [-0.2, 0) is 14.1 Å². The van der Waals surface area contributed by atoms with Gasteiger partial charge in [0.05, 0.1) is 22.5 Å². The molecule has 1 saturated heterocycles. The molecule has 128 valence electrons. The number of carbonyl (C=O) groups is 1. The van der Waals surface area contributed by atoms with E-state index in [0.29, 0.717) is 10.9 Å². The lowest BCUT2D eigenvalue weighted by Crippen LogP contribution is -2.45. The number of pyridine rings is 1. The van der Waals surface area contributed by atoms with Crippen LogP contribution < -0.4 is 5.56 Å². The van der Waals surface area contributed by atoms with Crippen molar-refractivity contribution in [2.24, 2.45) is 14.1 Å². The highest BCUT2D eigenvalue weighted by Gasteiger charge is 2.35. The maximum atomic E-state index is 13.2. The third-order valence-electron chi connectivity index (χ3n) is 5.17. The van der Waals surface area contributed by atoms with E-state index in [4.69, 9.17) is 0 Å². The van der Waals surface area contributed by atoms with E-state index in [1.807, 2.05) is 47.8 Å². The fraction of sp³-hybridized carbons (Fsp3) is 0.300. The predicted octanol–water partition coefficient (Wildman–Crippen LogP) is 2.77. The fourth-order valence-corrected chi connectivity index (χ4v) is 3.87. The van der Waals surface area contributed by atoms with Crippen LogP contribution in [0.5, 0.6) is 0 Å². The first-order chi connectivity index (χ1) is 12.0. The van der Waals surface area contributed by atoms with Gasteiger partial charge < -0.3 is 14.0 Å². The van der Waals surface area contributed by atoms with E-state index < -0.39 is 0 Å². The van der Waals surface area contributed by atoms with Crippen molar-refractivity contribution in [1.29, 1.82) is 0 Å². The second kappa shape index (κ2) is 5.62. The maximum Gasteiger partial charge on any atom is 0.260 e. The molecule has 2 aromatic heterocycles. The van der Waals surface area contributed by atoms with Crippen LogP contribution >= 0.6 is 0 Å². The molecule has 3 heterocycles. The number of hydrogen-bond donors (Lipinski definition) is 0. The van der Waals surface area contributed by atoms with Gasteiger partial charge in [-0.15, -0.1) is 0 Å². The summed E-state index contributed by atoms with van der Waals surface area (Å²) in [6.07, 6.45) is 4.56. The van der Waals surface area contributed by atoms with Gasteiger partial charge in [-0.05, 0) is 24.5 Å². The van der Waals surface area contributed by atoms with Crippen molar-refractivity contribution >= 4 is 16.8 Å². The highest BCUT2D eigenvalue weighted by molar-refractivity contribution is 6.07. The smallest absolute Gasteiger partial charge is 0.260 e. The van der Waals surface area contributed by atoms with Gasteiger partial charge in [0.1, 0.15) is 0 Å². The minimum atomic E-state index is -0.124. The van der Waals surface area contributed by atoms with E-state index in [1.165, 1.54) is 0 Å². The van der Waals surface area contributed by atoms with Crippen LogP contribution in [0, 0.1) is 6.92 Å². The summed E-state index contributed by atoms with van der Waals surface area (Å²) in [5, 5.41) is 0.522. The van der Waals surface area contributed by atoms with Crippen molar-refractivity contribution in [3.8, 4) is 0 Å². The van der Waals surface area contributed by atoms with Crippen molar-refractivity contribution in [3.63, 3.8) is 0 Å². The molecular formula is C20H21N3O2. The molecule has 1 aromatic carbocycles. The molecule has 1 amide bonds. The van der Waals surface area contributed by atoms with Crippen molar-refractivity contribution in [1.82, 2.24) is 14.0 Å². The minimum Gasteiger partial charge on any atom is -0.349 e. The summed E-state index contributed by atoms with van der Waals surface area (Å²) in [6, 6.07) is 10.2. The second-order valence-electron chi connectivity index (χ2n) is 6.82. The minimum absolute atomic E-state index is 0.0617. The third-order valence-corrected chi connectivity index (χ3v) is 5.17. The topological polar surface area (TPSA) is 47.2 Å². The first kappa shape index (κ1) is 15.7. The first-order valence-electron chi connectivity index (χ1n) is 8.50. The highest BCUT2D eigenvalue weighted by atomic mass is 16.2. The average Bonchev–Trinajstić information content (AvgIpc) is 2.91. The molecule has 0 radical (unpaired) electrons. The van der Waals surface area contributed by atoms with E-state index in [2.05, 4.69) is 12.1 Å². The van der Waals surface area contributed by atoms with Crippen LogP contribution in [0.1, 0.15) is 33.9 Å². The third kappa shape index (κ3) is 2.30. The molecule has 0 spiro atoms. The number of rotatable bonds is 2. The molecule has 1 unspecified atom stereocenters. The van der Waals surface area contributed by atoms with Crippen molar-refractivity contribution in [2.45, 2.75) is 19.4 Å². The fourth-order valence-electron chi connectivity index (χ4n) is 3.87. The number of amides is 1. The van der Waals surface area contributed by atoms with E-state index in [-0.39, 0.29) is 17.5 Å². The molecular weight excluding hydrogens is 314 g/mol. The number of nitrogens with zero attached hydrogens (tertiary/aromatic N) is 3. The number of aryl methyl sites for hydroxylation is 3. The molecule has 5 heteroatoms. The molecule has 0 saturated carbocycles. The molecule has 1 aliphatic rings. The highest BCUT2D eigenvalue weighted by Crippen LogP contribution is 2.35. The van der Waals surface area contributed by atoms with Gasteiger partial charge in [0, 0.05) is 33.0 Å². The molecule has 1 aliphatic heterocycles. The van der Waals surface area contributed by atoms with Crippen LogP contribution in [0.3, 0.4) is 0 Å². The Morgan fingerprint density at radius 3 is 2.44 bits per heavy atom. The van der Waals surface area contributed by atoms with Crippen molar-refractivity contribution in [2.75, 3.05) is 6.54 Å². The Balaban J connectivity index is 1.80. The molecule has 3 aromatic rings. The monoisotopic (exact) mass is 335 g/mol. The van der Waals surface area contributed by atoms with Gasteiger partial charge in [-0.3, -0.25) is 9.59 Å². The Labute approximate surface area is 146 Å². The summed E-state index contributed by atoms with van der Waals surface area (Å²) in [5.74, 6) is -0.0617. The lowest BCUT2D eigenvalue weighted by Gasteiger charge is -2.41. The number of hydrogen-bond acceptors (Lipinski definition) is 2. The van der Waals surface area contributed by atoms with E-state index in [0.717, 1.165) is 29.6 Å². The normalized spacial score (nSPS) is 16.9. The van der Waals surface area contributed by atoms with Crippen molar-refractivity contribution in [3.05, 3.63) is 69.8 Å². The van der Waals surface area contributed by atoms with E-state index in [9.17, 15) is 9.59 Å². The molecule has 1 atom stereocenters. The number of aromatic nitrogens is 2. The van der Waals surface area contributed by atoms with Crippen LogP contribution in [0.2, 0.25) is 0 Å². The summed E-state index contributed by atoms with van der Waals surface area (Å²) in [7, 11) is 3.61. The zero-order valence-corrected chi connectivity index (χ0v) is 14.7. The molecule has 4 rings (SSSR count). The molecule has 0 N–H and O–H groups in total. The van der Waals surface area contributed by atoms with Crippen LogP contribution in [0.15, 0.2) is 47.5 Å². The van der Waals surface area contributed by atoms with Crippen molar-refractivity contribution < 1.29 is 4.79 Å². The first-order valence-corrected chi connectivity index (χ1v) is 8.50. The van der Waals surface area contributed by atoms with Gasteiger partial charge in [-0.1, -0.05) is 30.3 Å². The van der Waals surface area contributed by atoms with Gasteiger partial charge >= 0.3 is 0 Å². The Hall–Kier alpha value is -2.82. The zero-order chi connectivity index (χ0) is 17.7. The summed E-state index contributed by atoms with van der Waals surface area (Å²) < 4.78 is 3.44. The Morgan fingerprint density at radius 1 is 1.08 bits per heavy atom. The van der Waals surface area contributed by atoms with Gasteiger partial charge in [0.2, 0.25) is 0 Å². The lowest BCUT2D eigenvalue weighted by atomic mass is 9.93. The Morgan fingerprint density at radius 2 is 1.80 bits per heavy atom. The van der Waals surface area contributed by atoms with Crippen LogP contribution in [0.4, 0.5) is 0 Å². The summed E-state index contributed by atoms with van der Waals surface area (Å²) in [5.41, 5.74) is 3.35. The quantitative estimate of drug-likeness (QED) is 0.723. The number of likely N-dealkylation sites (tertiary alicyclic amines) is 1. The van der Waals surface area contributed by atoms with Gasteiger partial charge in [-0.25, -0.2) is 0 Å². The molecule has 0 aliphatic carbocycles. The maximum absolute atomic E-state index is 13.2. The lowest BCUT2D eigenvalue weighted by molar-refractivity contribution is 0.0462. The molecule has 5 nitrogen and oxygen atoms in total. The molecule has 1 fully saturated rings. The van der Waals surface area contributed by atoms with Crippen LogP contribution in [-0.4, -0.2) is 26.5 Å². The SMILES string of the molecule is Cc1cn(C)c(=O)c2c(C(=O)N3CCC3c3ccccc3)cn(C)c12. The zero-order valence-electron chi connectivity index (χ0n) is 14.7. The number of benzene rings is 1. The largest absolute Gasteiger partial charge is 0.349 e. The van der Waals surface area contributed by atoms with Gasteiger partial charge in [-0.2, -0.15) is 0 Å². The predicted molar refractivity (Wildman–Crippen MR) is 97.7 cm³/mol. The average molecular weight is 335 g/mol. The Kier molecular flexibility index (Phi) is 3.53. The standard InChI is InChI=1S/C20H21N3O2/c1-13-11-22(3)20(25)17-15(12-21(2)18(13)17)19(24)23-10-9-16(23)14-7-5-4-6-8-14/h4-8,11-12,16H,9-10H2,1-3H3. The van der Waals surface area contributed by atoms with Gasteiger partial charge in [0.25, 0.3) is 11.5 Å². The summed E-state index contributed by atoms with van der Waals surface area (Å²) in [4.78, 5) is 27.7. The summed E-state index contributed by atoms with van der Waals surface area (Å²) in [6.45, 7) is 2.69. The van der Waals surface area contributed by atoms with E-state index >= 15 is 0 Å². The van der Waals surface area contributed by atoms with Crippen LogP contribution in [0.25, 0.3) is 10.9 Å². The number of carbonyl (C=O) groups excluding carboxylic acids is 1.